The third kappa shape index (κ3) is 5.36. The van der Waals surface area contributed by atoms with E-state index in [1.807, 2.05) is 6.07 Å². The lowest BCUT2D eigenvalue weighted by molar-refractivity contribution is 0.0844. The number of nitrogens with zero attached hydrogens (tertiary/aromatic N) is 1. The Kier molecular flexibility index (Phi) is 6.98. The molecule has 0 bridgehead atoms. The molecular weight excluding hydrogens is 483 g/mol. The van der Waals surface area contributed by atoms with E-state index in [4.69, 9.17) is 23.2 Å². The first-order valence-electron chi connectivity index (χ1n) is 9.67. The molecule has 0 aliphatic carbocycles. The quantitative estimate of drug-likeness (QED) is 0.275. The van der Waals surface area contributed by atoms with Crippen LogP contribution in [-0.4, -0.2) is 22.0 Å². The van der Waals surface area contributed by atoms with Crippen LogP contribution in [-0.2, 0) is 5.75 Å². The van der Waals surface area contributed by atoms with Crippen LogP contribution in [0.1, 0.15) is 26.4 Å². The monoisotopic (exact) mass is 498 g/mol. The highest BCUT2D eigenvalue weighted by Crippen LogP contribution is 2.32. The van der Waals surface area contributed by atoms with Crippen molar-refractivity contribution in [3.63, 3.8) is 0 Å². The predicted octanol–water partition coefficient (Wildman–Crippen LogP) is 4.60. The second-order valence-corrected chi connectivity index (χ2v) is 8.78. The Morgan fingerprint density at radius 1 is 0.909 bits per heavy atom. The highest BCUT2D eigenvalue weighted by atomic mass is 35.5. The van der Waals surface area contributed by atoms with Gasteiger partial charge in [-0.05, 0) is 42.0 Å². The summed E-state index contributed by atoms with van der Waals surface area (Å²) in [6.07, 6.45) is 0. The van der Waals surface area contributed by atoms with Gasteiger partial charge >= 0.3 is 0 Å². The average molecular weight is 499 g/mol. The van der Waals surface area contributed by atoms with Gasteiger partial charge in [-0.25, -0.2) is 5.10 Å². The number of aromatic amines is 1. The van der Waals surface area contributed by atoms with Gasteiger partial charge in [0.05, 0.1) is 10.4 Å². The molecule has 0 aliphatic heterocycles. The molecule has 0 spiro atoms. The van der Waals surface area contributed by atoms with Crippen LogP contribution < -0.4 is 16.4 Å². The Morgan fingerprint density at radius 3 is 2.48 bits per heavy atom. The molecule has 1 heterocycles. The van der Waals surface area contributed by atoms with Crippen LogP contribution >= 0.6 is 35.0 Å². The summed E-state index contributed by atoms with van der Waals surface area (Å²) in [4.78, 5) is 37.8. The van der Waals surface area contributed by atoms with Gasteiger partial charge < -0.3 is 0 Å². The van der Waals surface area contributed by atoms with E-state index in [1.54, 1.807) is 60.7 Å². The molecule has 0 atom stereocenters. The lowest BCUT2D eigenvalue weighted by atomic mass is 10.1. The zero-order chi connectivity index (χ0) is 23.4. The summed E-state index contributed by atoms with van der Waals surface area (Å²) in [5.74, 6) is -0.580. The molecule has 3 N–H and O–H groups in total. The van der Waals surface area contributed by atoms with E-state index in [0.717, 1.165) is 10.5 Å². The third-order valence-electron chi connectivity index (χ3n) is 4.68. The summed E-state index contributed by atoms with van der Waals surface area (Å²) < 4.78 is 0. The highest BCUT2D eigenvalue weighted by molar-refractivity contribution is 7.98. The van der Waals surface area contributed by atoms with Crippen molar-refractivity contribution >= 4 is 57.6 Å². The molecule has 4 rings (SSSR count). The summed E-state index contributed by atoms with van der Waals surface area (Å²) in [5.41, 5.74) is 5.57. The summed E-state index contributed by atoms with van der Waals surface area (Å²) >= 11 is 13.7. The minimum absolute atomic E-state index is 0.00551. The Labute approximate surface area is 202 Å². The molecule has 7 nitrogen and oxygen atoms in total. The second-order valence-electron chi connectivity index (χ2n) is 6.92. The molecule has 0 saturated heterocycles. The fourth-order valence-electron chi connectivity index (χ4n) is 3.08. The van der Waals surface area contributed by atoms with Crippen molar-refractivity contribution in [3.05, 3.63) is 104 Å². The molecule has 0 fully saturated rings. The van der Waals surface area contributed by atoms with E-state index in [1.165, 1.54) is 11.8 Å². The van der Waals surface area contributed by atoms with Crippen LogP contribution in [0.25, 0.3) is 10.8 Å². The summed E-state index contributed by atoms with van der Waals surface area (Å²) in [5, 5.41) is 8.00. The predicted molar refractivity (Wildman–Crippen MR) is 130 cm³/mol. The van der Waals surface area contributed by atoms with Gasteiger partial charge in [0.25, 0.3) is 17.4 Å². The van der Waals surface area contributed by atoms with Crippen LogP contribution in [0.3, 0.4) is 0 Å². The van der Waals surface area contributed by atoms with E-state index in [0.29, 0.717) is 32.1 Å². The number of H-pyrrole nitrogens is 1. The zero-order valence-electron chi connectivity index (χ0n) is 16.9. The standard InChI is InChI=1S/C23H16Cl2N4O3S/c24-15-8-9-18(25)19(11-15)33-12-13-4-3-5-14(10-13)21(30)27-29-23(32)20-16-6-1-2-7-17(16)22(31)28-26-20/h1-11H,12H2,(H,27,30)(H,28,31)(H,29,32). The fourth-order valence-corrected chi connectivity index (χ4v) is 4.52. The van der Waals surface area contributed by atoms with Crippen molar-refractivity contribution < 1.29 is 9.59 Å². The smallest absolute Gasteiger partial charge is 0.267 e. The number of thioether (sulfide) groups is 1. The van der Waals surface area contributed by atoms with Gasteiger partial charge in [-0.15, -0.1) is 11.8 Å². The van der Waals surface area contributed by atoms with Crippen LogP contribution in [0.5, 0.6) is 0 Å². The van der Waals surface area contributed by atoms with Gasteiger partial charge in [0.1, 0.15) is 0 Å². The number of hydrogen-bond acceptors (Lipinski definition) is 5. The van der Waals surface area contributed by atoms with Crippen molar-refractivity contribution in [1.29, 1.82) is 0 Å². The zero-order valence-corrected chi connectivity index (χ0v) is 19.2. The van der Waals surface area contributed by atoms with Crippen LogP contribution in [0.4, 0.5) is 0 Å². The summed E-state index contributed by atoms with van der Waals surface area (Å²) in [6, 6.07) is 18.8. The molecule has 3 aromatic carbocycles. The van der Waals surface area contributed by atoms with E-state index >= 15 is 0 Å². The summed E-state index contributed by atoms with van der Waals surface area (Å²) in [6.45, 7) is 0. The maximum atomic E-state index is 12.6. The van der Waals surface area contributed by atoms with Crippen LogP contribution in [0.15, 0.2) is 76.4 Å². The molecule has 10 heteroatoms. The number of rotatable bonds is 5. The Morgan fingerprint density at radius 2 is 1.67 bits per heavy atom. The first kappa shape index (κ1) is 22.8. The minimum Gasteiger partial charge on any atom is -0.267 e. The molecule has 4 aromatic rings. The second kappa shape index (κ2) is 10.1. The van der Waals surface area contributed by atoms with Gasteiger partial charge in [0, 0.05) is 26.6 Å². The molecule has 0 radical (unpaired) electrons. The molecule has 166 valence electrons. The van der Waals surface area contributed by atoms with Crippen LogP contribution in [0.2, 0.25) is 10.0 Å². The third-order valence-corrected chi connectivity index (χ3v) is 6.48. The molecule has 1 aromatic heterocycles. The van der Waals surface area contributed by atoms with Crippen molar-refractivity contribution in [2.75, 3.05) is 0 Å². The SMILES string of the molecule is O=C(NNC(=O)c1n[nH]c(=O)c2ccccc12)c1cccc(CSc2cc(Cl)ccc2Cl)c1. The largest absolute Gasteiger partial charge is 0.290 e. The number of hydrazine groups is 1. The molecule has 33 heavy (non-hydrogen) atoms. The topological polar surface area (TPSA) is 104 Å². The lowest BCUT2D eigenvalue weighted by Gasteiger charge is -2.10. The number of carbonyl (C=O) groups is 2. The minimum atomic E-state index is -0.655. The van der Waals surface area contributed by atoms with Crippen molar-refractivity contribution in [1.82, 2.24) is 21.0 Å². The first-order valence-corrected chi connectivity index (χ1v) is 11.4. The van der Waals surface area contributed by atoms with E-state index < -0.39 is 17.4 Å². The molecule has 2 amide bonds. The number of benzene rings is 3. The van der Waals surface area contributed by atoms with Gasteiger partial charge in [-0.3, -0.25) is 25.2 Å². The van der Waals surface area contributed by atoms with Crippen molar-refractivity contribution in [3.8, 4) is 0 Å². The first-order chi connectivity index (χ1) is 15.9. The number of fused-ring (bicyclic) bond motifs is 1. The van der Waals surface area contributed by atoms with Gasteiger partial charge in [0.15, 0.2) is 5.69 Å². The highest BCUT2D eigenvalue weighted by Gasteiger charge is 2.15. The van der Waals surface area contributed by atoms with Crippen LogP contribution in [0, 0.1) is 0 Å². The Balaban J connectivity index is 1.42. The van der Waals surface area contributed by atoms with Crippen molar-refractivity contribution in [2.24, 2.45) is 0 Å². The molecule has 0 saturated carbocycles. The molecule has 0 aliphatic rings. The number of nitrogens with one attached hydrogen (secondary N) is 3. The van der Waals surface area contributed by atoms with E-state index in [-0.39, 0.29) is 5.69 Å². The normalized spacial score (nSPS) is 10.7. The summed E-state index contributed by atoms with van der Waals surface area (Å²) in [7, 11) is 0. The van der Waals surface area contributed by atoms with Gasteiger partial charge in [-0.1, -0.05) is 53.5 Å². The molecular formula is C23H16Cl2N4O3S. The van der Waals surface area contributed by atoms with E-state index in [2.05, 4.69) is 21.0 Å². The Hall–Kier alpha value is -3.33. The number of hydrogen-bond donors (Lipinski definition) is 3. The number of carbonyl (C=O) groups excluding carboxylic acids is 2. The maximum Gasteiger partial charge on any atom is 0.290 e. The number of aromatic nitrogens is 2. The molecule has 0 unspecified atom stereocenters. The van der Waals surface area contributed by atoms with Crippen molar-refractivity contribution in [2.45, 2.75) is 10.6 Å². The van der Waals surface area contributed by atoms with Gasteiger partial charge in [-0.2, -0.15) is 5.10 Å². The average Bonchev–Trinajstić information content (AvgIpc) is 2.83. The fraction of sp³-hybridized carbons (Fsp3) is 0.0435. The van der Waals surface area contributed by atoms with Gasteiger partial charge in [0.2, 0.25) is 0 Å². The Bertz CT molecular complexity index is 1420. The number of halogens is 2. The maximum absolute atomic E-state index is 12.6. The lowest BCUT2D eigenvalue weighted by Crippen LogP contribution is -2.42. The number of amides is 2. The van der Waals surface area contributed by atoms with E-state index in [9.17, 15) is 14.4 Å².